The van der Waals surface area contributed by atoms with Gasteiger partial charge in [0, 0.05) is 29.7 Å². The maximum absolute atomic E-state index is 6.26. The number of amidine groups is 1. The monoisotopic (exact) mass is 355 g/mol. The fourth-order valence-electron chi connectivity index (χ4n) is 2.55. The lowest BCUT2D eigenvalue weighted by Gasteiger charge is -2.29. The van der Waals surface area contributed by atoms with E-state index in [0.717, 1.165) is 55.0 Å². The fourth-order valence-corrected chi connectivity index (χ4v) is 3.06. The second-order valence-electron chi connectivity index (χ2n) is 4.70. The van der Waals surface area contributed by atoms with Crippen LogP contribution in [0.2, 0.25) is 10.0 Å². The molecule has 1 aromatic carbocycles. The molecule has 3 nitrogen and oxygen atoms in total. The summed E-state index contributed by atoms with van der Waals surface area (Å²) in [7, 11) is 0. The predicted molar refractivity (Wildman–Crippen MR) is 90.2 cm³/mol. The average molecular weight is 357 g/mol. The van der Waals surface area contributed by atoms with Crippen molar-refractivity contribution in [3.8, 4) is 0 Å². The van der Waals surface area contributed by atoms with Gasteiger partial charge in [-0.1, -0.05) is 23.2 Å². The quantitative estimate of drug-likeness (QED) is 0.881. The Hall–Kier alpha value is -0.190. The molecule has 1 aromatic rings. The molecule has 1 N–H and O–H groups in total. The first-order chi connectivity index (χ1) is 8.74. The molecule has 3 rings (SSSR count). The van der Waals surface area contributed by atoms with Crippen molar-refractivity contribution in [3.05, 3.63) is 33.3 Å². The molecule has 2 heterocycles. The normalized spacial score (nSPS) is 17.4. The summed E-state index contributed by atoms with van der Waals surface area (Å²) < 4.78 is 0. The molecular formula is C13H17Cl4N3. The highest BCUT2D eigenvalue weighted by atomic mass is 35.5. The Kier molecular flexibility index (Phi) is 6.89. The predicted octanol–water partition coefficient (Wildman–Crippen LogP) is 3.20. The van der Waals surface area contributed by atoms with E-state index in [9.17, 15) is 0 Å². The van der Waals surface area contributed by atoms with Crippen LogP contribution in [0, 0.1) is 0 Å². The van der Waals surface area contributed by atoms with Crippen molar-refractivity contribution in [2.24, 2.45) is 4.99 Å². The van der Waals surface area contributed by atoms with E-state index in [1.54, 1.807) is 0 Å². The van der Waals surface area contributed by atoms with Crippen LogP contribution in [0.4, 0.5) is 0 Å². The van der Waals surface area contributed by atoms with Crippen molar-refractivity contribution in [2.45, 2.75) is 13.0 Å². The van der Waals surface area contributed by atoms with E-state index in [2.05, 4.69) is 15.2 Å². The third-order valence-electron chi connectivity index (χ3n) is 3.49. The Labute approximate surface area is 141 Å². The van der Waals surface area contributed by atoms with Crippen LogP contribution in [0.3, 0.4) is 0 Å². The first kappa shape index (κ1) is 17.9. The molecule has 0 aliphatic carbocycles. The highest BCUT2D eigenvalue weighted by Crippen LogP contribution is 2.31. The lowest BCUT2D eigenvalue weighted by molar-refractivity contribution is 0.289. The Morgan fingerprint density at radius 1 is 1.15 bits per heavy atom. The molecule has 7 heteroatoms. The number of benzene rings is 1. The van der Waals surface area contributed by atoms with Crippen molar-refractivity contribution < 1.29 is 0 Å². The molecule has 0 atom stereocenters. The Balaban J connectivity index is 0.000001000. The van der Waals surface area contributed by atoms with E-state index in [-0.39, 0.29) is 24.8 Å². The topological polar surface area (TPSA) is 27.6 Å². The van der Waals surface area contributed by atoms with Crippen molar-refractivity contribution in [1.82, 2.24) is 10.2 Å². The van der Waals surface area contributed by atoms with Crippen LogP contribution in [0.1, 0.15) is 11.1 Å². The van der Waals surface area contributed by atoms with Gasteiger partial charge in [-0.2, -0.15) is 0 Å². The lowest BCUT2D eigenvalue weighted by Crippen LogP contribution is -2.38. The molecule has 0 radical (unpaired) electrons. The van der Waals surface area contributed by atoms with Crippen LogP contribution >= 0.6 is 48.0 Å². The van der Waals surface area contributed by atoms with E-state index in [0.29, 0.717) is 0 Å². The van der Waals surface area contributed by atoms with Gasteiger partial charge in [0.2, 0.25) is 0 Å². The number of aliphatic imine (C=N–C) groups is 1. The third kappa shape index (κ3) is 3.71. The summed E-state index contributed by atoms with van der Waals surface area (Å²) in [6.45, 7) is 4.60. The number of rotatable bonds is 2. The largest absolute Gasteiger partial charge is 0.371 e. The first-order valence-corrected chi connectivity index (χ1v) is 6.95. The minimum Gasteiger partial charge on any atom is -0.371 e. The van der Waals surface area contributed by atoms with Gasteiger partial charge in [0.25, 0.3) is 0 Å². The Bertz CT molecular complexity index is 505. The summed E-state index contributed by atoms with van der Waals surface area (Å²) in [6, 6.07) is 3.78. The highest BCUT2D eigenvalue weighted by Gasteiger charge is 2.22. The van der Waals surface area contributed by atoms with E-state index >= 15 is 0 Å². The van der Waals surface area contributed by atoms with Crippen molar-refractivity contribution >= 4 is 53.9 Å². The van der Waals surface area contributed by atoms with Gasteiger partial charge in [-0.3, -0.25) is 9.89 Å². The molecule has 0 bridgehead atoms. The van der Waals surface area contributed by atoms with Crippen LogP contribution in [0.15, 0.2) is 17.1 Å². The van der Waals surface area contributed by atoms with Gasteiger partial charge in [0.1, 0.15) is 5.84 Å². The van der Waals surface area contributed by atoms with Gasteiger partial charge in [0.05, 0.1) is 13.1 Å². The minimum atomic E-state index is 0. The molecule has 2 aliphatic heterocycles. The first-order valence-electron chi connectivity index (χ1n) is 6.19. The summed E-state index contributed by atoms with van der Waals surface area (Å²) >= 11 is 12.5. The second kappa shape index (κ2) is 7.71. The molecule has 0 aromatic heterocycles. The number of hydrogen-bond acceptors (Lipinski definition) is 3. The molecule has 2 aliphatic rings. The van der Waals surface area contributed by atoms with Crippen molar-refractivity contribution in [1.29, 1.82) is 0 Å². The van der Waals surface area contributed by atoms with Crippen LogP contribution in [-0.4, -0.2) is 36.9 Å². The molecule has 0 unspecified atom stereocenters. The third-order valence-corrected chi connectivity index (χ3v) is 4.20. The number of hydrogen-bond donors (Lipinski definition) is 1. The van der Waals surface area contributed by atoms with Crippen LogP contribution in [-0.2, 0) is 13.0 Å². The fraction of sp³-hybridized carbons (Fsp3) is 0.462. The van der Waals surface area contributed by atoms with Gasteiger partial charge in [-0.05, 0) is 29.7 Å². The summed E-state index contributed by atoms with van der Waals surface area (Å²) in [4.78, 5) is 6.79. The van der Waals surface area contributed by atoms with Gasteiger partial charge in [0.15, 0.2) is 0 Å². The smallest absolute Gasteiger partial charge is 0.111 e. The summed E-state index contributed by atoms with van der Waals surface area (Å²) in [5, 5.41) is 4.96. The Morgan fingerprint density at radius 3 is 2.50 bits per heavy atom. The van der Waals surface area contributed by atoms with Gasteiger partial charge < -0.3 is 5.32 Å². The zero-order valence-corrected chi connectivity index (χ0v) is 14.0. The SMILES string of the molecule is Cl.Cl.Clc1ccc(Cl)c2c1CCN(CC1=NCCN1)C2. The molecule has 0 saturated carbocycles. The number of fused-ring (bicyclic) bond motifs is 1. The lowest BCUT2D eigenvalue weighted by atomic mass is 9.99. The van der Waals surface area contributed by atoms with Crippen LogP contribution in [0.25, 0.3) is 0 Å². The van der Waals surface area contributed by atoms with E-state index in [4.69, 9.17) is 23.2 Å². The average Bonchev–Trinajstić information content (AvgIpc) is 2.87. The van der Waals surface area contributed by atoms with Gasteiger partial charge in [-0.15, -0.1) is 24.8 Å². The van der Waals surface area contributed by atoms with E-state index < -0.39 is 0 Å². The highest BCUT2D eigenvalue weighted by molar-refractivity contribution is 6.34. The zero-order valence-electron chi connectivity index (χ0n) is 10.9. The van der Waals surface area contributed by atoms with Gasteiger partial charge in [-0.25, -0.2) is 0 Å². The maximum atomic E-state index is 6.26. The summed E-state index contributed by atoms with van der Waals surface area (Å²) in [6.07, 6.45) is 0.960. The molecule has 0 spiro atoms. The summed E-state index contributed by atoms with van der Waals surface area (Å²) in [5.41, 5.74) is 2.38. The zero-order chi connectivity index (χ0) is 12.5. The molecule has 20 heavy (non-hydrogen) atoms. The van der Waals surface area contributed by atoms with E-state index in [1.165, 1.54) is 11.1 Å². The summed E-state index contributed by atoms with van der Waals surface area (Å²) in [5.74, 6) is 1.09. The second-order valence-corrected chi connectivity index (χ2v) is 5.52. The number of nitrogens with zero attached hydrogens (tertiary/aromatic N) is 2. The standard InChI is InChI=1S/C13H15Cl2N3.2ClH/c14-11-1-2-12(15)10-7-18(6-3-9(10)11)8-13-16-4-5-17-13;;/h1-2H,3-8H2,(H,16,17);2*1H. The number of nitrogens with one attached hydrogen (secondary N) is 1. The minimum absolute atomic E-state index is 0. The maximum Gasteiger partial charge on any atom is 0.111 e. The van der Waals surface area contributed by atoms with Crippen LogP contribution < -0.4 is 5.32 Å². The molecule has 0 amide bonds. The molecule has 0 saturated heterocycles. The molecular weight excluding hydrogens is 340 g/mol. The Morgan fingerprint density at radius 2 is 1.85 bits per heavy atom. The van der Waals surface area contributed by atoms with Crippen LogP contribution in [0.5, 0.6) is 0 Å². The van der Waals surface area contributed by atoms with Crippen molar-refractivity contribution in [2.75, 3.05) is 26.2 Å². The molecule has 0 fully saturated rings. The number of halogens is 4. The molecule has 112 valence electrons. The van der Waals surface area contributed by atoms with Gasteiger partial charge >= 0.3 is 0 Å². The van der Waals surface area contributed by atoms with E-state index in [1.807, 2.05) is 12.1 Å². The van der Waals surface area contributed by atoms with Crippen molar-refractivity contribution in [3.63, 3.8) is 0 Å².